The third-order valence-corrected chi connectivity index (χ3v) is 24.5. The second kappa shape index (κ2) is 47.6. The summed E-state index contributed by atoms with van der Waals surface area (Å²) in [4.78, 5) is 52.0. The van der Waals surface area contributed by atoms with Gasteiger partial charge in [-0.05, 0) is 6.92 Å². The maximum absolute atomic E-state index is 13.2. The standard InChI is InChI=1S/C74H124N4O55/c1-16-35(92)45(102)50(107)69(114-16)133-63-47(104)37(94)22(7-80)119-74(63)129-58-29(14-87)123-68(34(44(58)101)78-20(5)91)132-62-40(97)30(124-73(54(62)111)128-59-25(10-83)115-64(112)49(106)48(59)105)15-113-65-31(75-17(2)88)41(98)55(26(11-84)120-65)126-71-52(109)60(38(95)23(8-81)117-71)131-67-33(77-19(4)90)43(100)57(28(13-86)122-67)127-72-53(110)61(39(96)24(9-82)118-72)130-66-32(76-18(3)89)42(99)56(27(12-85)121-66)125-70-51(108)46(103)36(93)21(6-79)116-70/h16,21-74,79-87,92-112H,6-15H2,1-5H3,(H,75,88)(H,76,89)(H,77,90)(H,78,91)/t16-,21+,22+,23+,24+,25+,26+,27+,28+,29+,30+,31+,32+,33+,34+,35+,36-,37-,38-,39-,40-,41+,42+,43+,44+,45+,46-,47-,48+,49+,50-,51+,52+,53+,54+,55+,56+,57+,58+,59+,60-,61-,62-,63+,64?,65+,66-,67-,68-,69-,70-,71-,72-,73-,74-/m0/s1. The zero-order valence-corrected chi connectivity index (χ0v) is 71.4. The van der Waals surface area contributed by atoms with Gasteiger partial charge in [-0.1, -0.05) is 0 Å². The predicted molar refractivity (Wildman–Crippen MR) is 407 cm³/mol. The third-order valence-electron chi connectivity index (χ3n) is 24.5. The summed E-state index contributed by atoms with van der Waals surface area (Å²) in [5, 5.41) is 343. The van der Waals surface area contributed by atoms with Gasteiger partial charge in [0.05, 0.1) is 72.2 Å². The Morgan fingerprint density at radius 2 is 0.444 bits per heavy atom. The van der Waals surface area contributed by atoms with Crippen LogP contribution >= 0.6 is 0 Å². The van der Waals surface area contributed by atoms with Gasteiger partial charge in [-0.3, -0.25) is 19.2 Å². The van der Waals surface area contributed by atoms with E-state index in [9.17, 15) is 172 Å². The fourth-order valence-corrected chi connectivity index (χ4v) is 17.4. The Hall–Kier alpha value is -4.16. The molecule has 0 aromatic carbocycles. The van der Waals surface area contributed by atoms with Gasteiger partial charge in [-0.15, -0.1) is 0 Å². The first-order valence-corrected chi connectivity index (χ1v) is 42.5. The molecule has 0 saturated carbocycles. The van der Waals surface area contributed by atoms with Crippen LogP contribution in [0.1, 0.15) is 34.6 Å². The lowest BCUT2D eigenvalue weighted by Crippen LogP contribution is -2.71. The molecule has 4 amide bonds. The molecule has 0 aliphatic carbocycles. The van der Waals surface area contributed by atoms with E-state index >= 15 is 0 Å². The number of aliphatic hydroxyl groups is 30. The van der Waals surface area contributed by atoms with Gasteiger partial charge in [-0.2, -0.15) is 0 Å². The number of carbonyl (C=O) groups is 4. The summed E-state index contributed by atoms with van der Waals surface area (Å²) in [5.74, 6) is -3.83. The van der Waals surface area contributed by atoms with E-state index in [4.69, 9.17) is 99.5 Å². The minimum absolute atomic E-state index is 0.894. The van der Waals surface area contributed by atoms with Crippen molar-refractivity contribution in [3.05, 3.63) is 0 Å². The first kappa shape index (κ1) is 109. The highest BCUT2D eigenvalue weighted by Crippen LogP contribution is 2.42. The Morgan fingerprint density at radius 3 is 0.789 bits per heavy atom. The fraction of sp³-hybridized carbons (Fsp3) is 0.946. The van der Waals surface area contributed by atoms with Crippen LogP contribution in [0, 0.1) is 0 Å². The average molecular weight is 1950 g/mol. The van der Waals surface area contributed by atoms with Crippen molar-refractivity contribution in [3.8, 4) is 0 Å². The molecule has 0 radical (unpaired) electrons. The van der Waals surface area contributed by atoms with E-state index in [1.165, 1.54) is 6.92 Å². The molecule has 11 rings (SSSR count). The maximum Gasteiger partial charge on any atom is 0.217 e. The van der Waals surface area contributed by atoms with Crippen LogP contribution in [0.5, 0.6) is 0 Å². The minimum Gasteiger partial charge on any atom is -0.394 e. The van der Waals surface area contributed by atoms with Gasteiger partial charge >= 0.3 is 0 Å². The Bertz CT molecular complexity index is 3630. The van der Waals surface area contributed by atoms with Crippen LogP contribution in [0.4, 0.5) is 0 Å². The monoisotopic (exact) mass is 1950 g/mol. The molecule has 11 aliphatic heterocycles. The van der Waals surface area contributed by atoms with Crippen molar-refractivity contribution >= 4 is 23.6 Å². The lowest BCUT2D eigenvalue weighted by molar-refractivity contribution is -0.393. The van der Waals surface area contributed by atoms with Gasteiger partial charge in [0.25, 0.3) is 0 Å². The summed E-state index contributed by atoms with van der Waals surface area (Å²) >= 11 is 0. The van der Waals surface area contributed by atoms with E-state index in [0.717, 1.165) is 27.7 Å². The van der Waals surface area contributed by atoms with Crippen molar-refractivity contribution in [1.29, 1.82) is 0 Å². The van der Waals surface area contributed by atoms with Crippen molar-refractivity contribution in [1.82, 2.24) is 21.3 Å². The molecule has 770 valence electrons. The van der Waals surface area contributed by atoms with Gasteiger partial charge in [0, 0.05) is 27.7 Å². The van der Waals surface area contributed by atoms with E-state index < -0.39 is 427 Å². The predicted octanol–water partition coefficient (Wildman–Crippen LogP) is -23.4. The summed E-state index contributed by atoms with van der Waals surface area (Å²) in [6, 6.07) is -7.77. The van der Waals surface area contributed by atoms with Crippen LogP contribution in [0.2, 0.25) is 0 Å². The van der Waals surface area contributed by atoms with E-state index in [1.807, 2.05) is 0 Å². The van der Waals surface area contributed by atoms with E-state index in [-0.39, 0.29) is 0 Å². The highest BCUT2D eigenvalue weighted by Gasteiger charge is 2.63. The largest absolute Gasteiger partial charge is 0.394 e. The number of amides is 4. The molecule has 11 heterocycles. The molecule has 59 nitrogen and oxygen atoms in total. The zero-order chi connectivity index (χ0) is 97.8. The van der Waals surface area contributed by atoms with Crippen LogP contribution < -0.4 is 21.3 Å². The van der Waals surface area contributed by atoms with Gasteiger partial charge in [0.15, 0.2) is 69.2 Å². The summed E-state index contributed by atoms with van der Waals surface area (Å²) in [5.41, 5.74) is 0. The molecular weight excluding hydrogens is 1820 g/mol. The SMILES string of the molecule is CC(=O)N[C@H]1[C@H](O[C@H]2[C@@H](O)[C@@H](CO)O[C@@H](O[C@H]3[C@H](O)[C@@H](NC(C)=O)[C@H](O[C@H]4[C@@H](O)[C@@H](CO)O[C@@H](O[C@H]5[C@H](O)[C@@H](NC(C)=O)[C@H](OC[C@H]6O[C@@H](O[C@H]7[C@H](O)[C@@H](O)C(O)O[C@@H]7CO)[C@H](O)[C@@H](O[C@@H]7O[C@H](CO)[C@@H](O[C@@H]8O[C@H](CO)[C@H](O)[C@H](O)[C@H]8O[C@@H]8O[C@@H](C)[C@@H](O)[C@@H](O)[C@@H]8O)[C@H](O)[C@H]7NC(C)=O)[C@H]6O)O[C@@H]5CO)[C@@H]4O)O[C@@H]3CO)[C@@H]2O)O[C@H](CO)[C@@H](O[C@@H]2O[C@H](CO)[C@H](O)[C@H](O)[C@H]2O)[C@@H]1O. The topological polar surface area (TPSA) is 917 Å². The quantitative estimate of drug-likeness (QED) is 0.0284. The molecule has 0 spiro atoms. The van der Waals surface area contributed by atoms with Crippen molar-refractivity contribution in [2.75, 3.05) is 66.1 Å². The Labute approximate surface area is 752 Å². The molecular formula is C74H124N4O55. The molecule has 34 N–H and O–H groups in total. The molecule has 0 aromatic rings. The van der Waals surface area contributed by atoms with Crippen molar-refractivity contribution in [2.45, 2.75) is 372 Å². The molecule has 11 fully saturated rings. The van der Waals surface area contributed by atoms with Crippen molar-refractivity contribution < 1.29 is 272 Å². The molecule has 0 bridgehead atoms. The number of ether oxygens (including phenoxy) is 21. The molecule has 59 heteroatoms. The highest BCUT2D eigenvalue weighted by atomic mass is 16.8. The zero-order valence-electron chi connectivity index (χ0n) is 71.4. The Kier molecular flexibility index (Phi) is 39.1. The van der Waals surface area contributed by atoms with Gasteiger partial charge in [-0.25, -0.2) is 0 Å². The second-order valence-electron chi connectivity index (χ2n) is 33.8. The summed E-state index contributed by atoms with van der Waals surface area (Å²) in [7, 11) is 0. The smallest absolute Gasteiger partial charge is 0.217 e. The number of hydrogen-bond donors (Lipinski definition) is 34. The molecule has 1 unspecified atom stereocenters. The number of carbonyl (C=O) groups excluding carboxylic acids is 4. The van der Waals surface area contributed by atoms with Gasteiger partial charge in [0.2, 0.25) is 23.6 Å². The number of rotatable bonds is 34. The van der Waals surface area contributed by atoms with E-state index in [1.54, 1.807) is 0 Å². The second-order valence-corrected chi connectivity index (χ2v) is 33.8. The minimum atomic E-state index is -2.44. The highest BCUT2D eigenvalue weighted by molar-refractivity contribution is 5.74. The van der Waals surface area contributed by atoms with Gasteiger partial charge in [0.1, 0.15) is 262 Å². The molecule has 11 saturated heterocycles. The lowest BCUT2D eigenvalue weighted by Gasteiger charge is -2.51. The molecule has 11 aliphatic rings. The summed E-state index contributed by atoms with van der Waals surface area (Å²) in [6.07, 6.45) is -105. The van der Waals surface area contributed by atoms with Crippen molar-refractivity contribution in [3.63, 3.8) is 0 Å². The van der Waals surface area contributed by atoms with Crippen LogP contribution in [0.3, 0.4) is 0 Å². The first-order valence-electron chi connectivity index (χ1n) is 42.5. The van der Waals surface area contributed by atoms with Gasteiger partial charge < -0.3 is 274 Å². The Balaban J connectivity index is 0.798. The molecule has 0 aromatic heterocycles. The Morgan fingerprint density at radius 1 is 0.211 bits per heavy atom. The molecule has 133 heavy (non-hydrogen) atoms. The maximum atomic E-state index is 13.2. The third kappa shape index (κ3) is 23.9. The van der Waals surface area contributed by atoms with E-state index in [0.29, 0.717) is 0 Å². The number of aliphatic hydroxyl groups excluding tert-OH is 30. The lowest BCUT2D eigenvalue weighted by atomic mass is 9.93. The van der Waals surface area contributed by atoms with Crippen LogP contribution in [-0.2, 0) is 119 Å². The van der Waals surface area contributed by atoms with E-state index in [2.05, 4.69) is 21.3 Å². The van der Waals surface area contributed by atoms with Crippen LogP contribution in [-0.4, -0.2) is 580 Å². The summed E-state index contributed by atoms with van der Waals surface area (Å²) in [6.45, 7) is -6.12. The first-order chi connectivity index (χ1) is 62.9. The number of hydrogen-bond acceptors (Lipinski definition) is 55. The summed E-state index contributed by atoms with van der Waals surface area (Å²) < 4.78 is 123. The molecule has 55 atom stereocenters. The average Bonchev–Trinajstić information content (AvgIpc) is 0.760. The van der Waals surface area contributed by atoms with Crippen molar-refractivity contribution in [2.24, 2.45) is 0 Å². The fourth-order valence-electron chi connectivity index (χ4n) is 17.4. The number of nitrogens with one attached hydrogen (secondary N) is 4. The van der Waals surface area contributed by atoms with Crippen LogP contribution in [0.15, 0.2) is 0 Å². The normalized spacial score (nSPS) is 50.1. The van der Waals surface area contributed by atoms with Crippen LogP contribution in [0.25, 0.3) is 0 Å².